The Morgan fingerprint density at radius 1 is 1.30 bits per heavy atom. The average molecular weight is 272 g/mol. The lowest BCUT2D eigenvalue weighted by atomic mass is 9.91. The minimum atomic E-state index is -0.472. The maximum Gasteiger partial charge on any atom is 0.313 e. The van der Waals surface area contributed by atoms with E-state index in [4.69, 9.17) is 4.74 Å². The fourth-order valence-electron chi connectivity index (χ4n) is 2.59. The van der Waals surface area contributed by atoms with Crippen molar-refractivity contribution in [2.24, 2.45) is 0 Å². The van der Waals surface area contributed by atoms with Crippen LogP contribution in [0.5, 0.6) is 5.75 Å². The highest BCUT2D eigenvalue weighted by Crippen LogP contribution is 2.37. The molecule has 3 heteroatoms. The third kappa shape index (κ3) is 2.48. The smallest absolute Gasteiger partial charge is 0.313 e. The molecule has 2 aromatic rings. The van der Waals surface area contributed by atoms with Gasteiger partial charge in [0.2, 0.25) is 0 Å². The van der Waals surface area contributed by atoms with Gasteiger partial charge in [-0.3, -0.25) is 4.79 Å². The Morgan fingerprint density at radius 3 is 2.65 bits per heavy atom. The molecule has 0 aliphatic carbocycles. The Kier molecular flexibility index (Phi) is 3.98. The molecule has 0 radical (unpaired) electrons. The molecule has 1 N–H and O–H groups in total. The SMILES string of the molecule is CCOC(=O)C(C)c1c(C)cc2cc(C)ccc2c1O. The number of carbonyl (C=O) groups is 1. The van der Waals surface area contributed by atoms with Crippen LogP contribution >= 0.6 is 0 Å². The lowest BCUT2D eigenvalue weighted by Crippen LogP contribution is -2.14. The Hall–Kier alpha value is -2.03. The van der Waals surface area contributed by atoms with Gasteiger partial charge in [0.25, 0.3) is 0 Å². The van der Waals surface area contributed by atoms with Gasteiger partial charge in [-0.15, -0.1) is 0 Å². The van der Waals surface area contributed by atoms with Crippen LogP contribution in [0.4, 0.5) is 0 Å². The molecule has 106 valence electrons. The van der Waals surface area contributed by atoms with Gasteiger partial charge in [0, 0.05) is 10.9 Å². The van der Waals surface area contributed by atoms with E-state index in [2.05, 4.69) is 0 Å². The molecule has 1 unspecified atom stereocenters. The molecule has 0 bridgehead atoms. The molecule has 1 atom stereocenters. The van der Waals surface area contributed by atoms with Crippen molar-refractivity contribution in [2.45, 2.75) is 33.6 Å². The summed E-state index contributed by atoms with van der Waals surface area (Å²) in [5, 5.41) is 12.3. The van der Waals surface area contributed by atoms with Gasteiger partial charge in [0.1, 0.15) is 5.75 Å². The fraction of sp³-hybridized carbons (Fsp3) is 0.353. The molecule has 0 saturated carbocycles. The van der Waals surface area contributed by atoms with Crippen LogP contribution in [0.25, 0.3) is 10.8 Å². The van der Waals surface area contributed by atoms with Crippen molar-refractivity contribution in [1.29, 1.82) is 0 Å². The van der Waals surface area contributed by atoms with Crippen molar-refractivity contribution in [3.63, 3.8) is 0 Å². The van der Waals surface area contributed by atoms with E-state index in [0.717, 1.165) is 21.9 Å². The molecule has 3 nitrogen and oxygen atoms in total. The number of aryl methyl sites for hydroxylation is 2. The standard InChI is InChI=1S/C17H20O3/c1-5-20-17(19)12(4)15-11(3)9-13-8-10(2)6-7-14(13)16(15)18/h6-9,12,18H,5H2,1-4H3. The Morgan fingerprint density at radius 2 is 2.00 bits per heavy atom. The maximum absolute atomic E-state index is 11.9. The summed E-state index contributed by atoms with van der Waals surface area (Å²) >= 11 is 0. The molecule has 0 saturated heterocycles. The first-order valence-electron chi connectivity index (χ1n) is 6.85. The molecule has 0 aromatic heterocycles. The van der Waals surface area contributed by atoms with Gasteiger partial charge in [-0.1, -0.05) is 29.8 Å². The fourth-order valence-corrected chi connectivity index (χ4v) is 2.59. The molecular weight excluding hydrogens is 252 g/mol. The minimum absolute atomic E-state index is 0.181. The van der Waals surface area contributed by atoms with Gasteiger partial charge in [-0.05, 0) is 38.6 Å². The number of hydrogen-bond acceptors (Lipinski definition) is 3. The molecule has 0 amide bonds. The highest BCUT2D eigenvalue weighted by molar-refractivity contribution is 5.93. The number of phenolic OH excluding ortho intramolecular Hbond substituents is 1. The summed E-state index contributed by atoms with van der Waals surface area (Å²) in [6.07, 6.45) is 0. The monoisotopic (exact) mass is 272 g/mol. The second-order valence-electron chi connectivity index (χ2n) is 5.15. The van der Waals surface area contributed by atoms with Crippen LogP contribution in [0.15, 0.2) is 24.3 Å². The number of ether oxygens (including phenoxy) is 1. The summed E-state index contributed by atoms with van der Waals surface area (Å²) in [6, 6.07) is 7.88. The van der Waals surface area contributed by atoms with Crippen molar-refractivity contribution in [1.82, 2.24) is 0 Å². The van der Waals surface area contributed by atoms with Crippen LogP contribution in [0.3, 0.4) is 0 Å². The molecule has 0 spiro atoms. The van der Waals surface area contributed by atoms with Crippen LogP contribution < -0.4 is 0 Å². The van der Waals surface area contributed by atoms with Crippen LogP contribution in [0.2, 0.25) is 0 Å². The quantitative estimate of drug-likeness (QED) is 0.864. The van der Waals surface area contributed by atoms with Gasteiger partial charge in [-0.25, -0.2) is 0 Å². The van der Waals surface area contributed by atoms with Gasteiger partial charge in [-0.2, -0.15) is 0 Å². The minimum Gasteiger partial charge on any atom is -0.507 e. The van der Waals surface area contributed by atoms with E-state index in [1.54, 1.807) is 13.8 Å². The first-order chi connectivity index (χ1) is 9.45. The summed E-state index contributed by atoms with van der Waals surface area (Å²) < 4.78 is 5.05. The lowest BCUT2D eigenvalue weighted by molar-refractivity contribution is -0.144. The topological polar surface area (TPSA) is 46.5 Å². The number of aromatic hydroxyl groups is 1. The van der Waals surface area contributed by atoms with Crippen molar-refractivity contribution in [3.05, 3.63) is 41.0 Å². The molecule has 0 aliphatic heterocycles. The summed E-state index contributed by atoms with van der Waals surface area (Å²) in [7, 11) is 0. The first kappa shape index (κ1) is 14.4. The van der Waals surface area contributed by atoms with Crippen LogP contribution in [0.1, 0.15) is 36.5 Å². The second kappa shape index (κ2) is 5.53. The number of esters is 1. The zero-order valence-corrected chi connectivity index (χ0v) is 12.4. The molecule has 0 fully saturated rings. The lowest BCUT2D eigenvalue weighted by Gasteiger charge is -2.17. The first-order valence-corrected chi connectivity index (χ1v) is 6.85. The number of benzene rings is 2. The Labute approximate surface area is 119 Å². The third-order valence-electron chi connectivity index (χ3n) is 3.59. The van der Waals surface area contributed by atoms with Gasteiger partial charge < -0.3 is 9.84 Å². The van der Waals surface area contributed by atoms with Gasteiger partial charge in [0.15, 0.2) is 0 Å². The molecule has 20 heavy (non-hydrogen) atoms. The average Bonchev–Trinajstić information content (AvgIpc) is 2.38. The highest BCUT2D eigenvalue weighted by atomic mass is 16.5. The van der Waals surface area contributed by atoms with E-state index >= 15 is 0 Å². The van der Waals surface area contributed by atoms with E-state index in [1.807, 2.05) is 38.1 Å². The zero-order valence-electron chi connectivity index (χ0n) is 12.4. The summed E-state index contributed by atoms with van der Waals surface area (Å²) in [5.41, 5.74) is 2.70. The van der Waals surface area contributed by atoms with E-state index in [0.29, 0.717) is 12.2 Å². The van der Waals surface area contributed by atoms with Crippen molar-refractivity contribution >= 4 is 16.7 Å². The Balaban J connectivity index is 2.59. The molecule has 2 aromatic carbocycles. The van der Waals surface area contributed by atoms with E-state index in [9.17, 15) is 9.90 Å². The van der Waals surface area contributed by atoms with Crippen molar-refractivity contribution in [2.75, 3.05) is 6.61 Å². The molecule has 0 heterocycles. The van der Waals surface area contributed by atoms with Crippen molar-refractivity contribution < 1.29 is 14.6 Å². The van der Waals surface area contributed by atoms with Gasteiger partial charge in [0.05, 0.1) is 12.5 Å². The number of phenols is 1. The maximum atomic E-state index is 11.9. The number of fused-ring (bicyclic) bond motifs is 1. The normalized spacial score (nSPS) is 12.4. The van der Waals surface area contributed by atoms with E-state index in [-0.39, 0.29) is 11.7 Å². The zero-order chi connectivity index (χ0) is 14.9. The highest BCUT2D eigenvalue weighted by Gasteiger charge is 2.23. The largest absolute Gasteiger partial charge is 0.507 e. The van der Waals surface area contributed by atoms with E-state index < -0.39 is 5.92 Å². The molecule has 0 aliphatic rings. The van der Waals surface area contributed by atoms with Gasteiger partial charge >= 0.3 is 5.97 Å². The number of carbonyl (C=O) groups excluding carboxylic acids is 1. The van der Waals surface area contributed by atoms with Crippen molar-refractivity contribution in [3.8, 4) is 5.75 Å². The Bertz CT molecular complexity index is 659. The number of rotatable bonds is 3. The number of hydrogen-bond donors (Lipinski definition) is 1. The summed E-state index contributed by atoms with van der Waals surface area (Å²) in [5.74, 6) is -0.599. The predicted molar refractivity (Wildman–Crippen MR) is 80.1 cm³/mol. The second-order valence-corrected chi connectivity index (χ2v) is 5.15. The molecule has 2 rings (SSSR count). The predicted octanol–water partition coefficient (Wildman–Crippen LogP) is 3.83. The summed E-state index contributed by atoms with van der Waals surface area (Å²) in [6.45, 7) is 7.81. The van der Waals surface area contributed by atoms with Crippen LogP contribution in [-0.2, 0) is 9.53 Å². The van der Waals surface area contributed by atoms with Crippen LogP contribution in [0, 0.1) is 13.8 Å². The van der Waals surface area contributed by atoms with Crippen LogP contribution in [-0.4, -0.2) is 17.7 Å². The summed E-state index contributed by atoms with van der Waals surface area (Å²) in [4.78, 5) is 11.9. The molecular formula is C17H20O3. The third-order valence-corrected chi connectivity index (χ3v) is 3.59. The van der Waals surface area contributed by atoms with E-state index in [1.165, 1.54) is 0 Å².